The molecule has 3 aromatic carbocycles. The van der Waals surface area contributed by atoms with E-state index >= 15 is 0 Å². The number of amides is 1. The first-order valence-electron chi connectivity index (χ1n) is 13.8. The van der Waals surface area contributed by atoms with Crippen LogP contribution in [0.2, 0.25) is 0 Å². The van der Waals surface area contributed by atoms with E-state index in [2.05, 4.69) is 0 Å². The number of likely N-dealkylation sites (tertiary alicyclic amines) is 1. The number of alkyl halides is 6. The van der Waals surface area contributed by atoms with Gasteiger partial charge >= 0.3 is 18.4 Å². The summed E-state index contributed by atoms with van der Waals surface area (Å²) in [5.41, 5.74) is -5.85. The number of carbonyl (C=O) groups is 1. The van der Waals surface area contributed by atoms with Crippen molar-refractivity contribution < 1.29 is 50.6 Å². The van der Waals surface area contributed by atoms with Crippen molar-refractivity contribution in [3.05, 3.63) is 117 Å². The molecule has 0 unspecified atom stereocenters. The van der Waals surface area contributed by atoms with Crippen LogP contribution in [-0.4, -0.2) is 46.3 Å². The summed E-state index contributed by atoms with van der Waals surface area (Å²) in [7, 11) is 0. The van der Waals surface area contributed by atoms with Crippen molar-refractivity contribution in [3.8, 4) is 0 Å². The molecule has 1 saturated heterocycles. The van der Waals surface area contributed by atoms with Crippen molar-refractivity contribution in [1.82, 2.24) is 4.90 Å². The van der Waals surface area contributed by atoms with Crippen molar-refractivity contribution in [2.75, 3.05) is 19.8 Å². The molecule has 1 heterocycles. The summed E-state index contributed by atoms with van der Waals surface area (Å²) in [6.45, 7) is -0.930. The van der Waals surface area contributed by atoms with Gasteiger partial charge in [0.05, 0.1) is 35.9 Å². The van der Waals surface area contributed by atoms with E-state index in [4.69, 9.17) is 9.47 Å². The molecular weight excluding hydrogens is 610 g/mol. The second-order valence-corrected chi connectivity index (χ2v) is 11.0. The van der Waals surface area contributed by atoms with Gasteiger partial charge in [0.25, 0.3) is 5.54 Å². The Hall–Kier alpha value is -4.17. The number of benzene rings is 3. The van der Waals surface area contributed by atoms with Crippen molar-refractivity contribution >= 4 is 6.09 Å². The lowest BCUT2D eigenvalue weighted by atomic mass is 9.75. The minimum atomic E-state index is -5.07. The van der Waals surface area contributed by atoms with Crippen LogP contribution in [0, 0.1) is 10.1 Å². The van der Waals surface area contributed by atoms with E-state index in [9.17, 15) is 46.4 Å². The highest BCUT2D eigenvalue weighted by Gasteiger charge is 2.57. The number of hydrogen-bond donors (Lipinski definition) is 1. The summed E-state index contributed by atoms with van der Waals surface area (Å²) in [5, 5.41) is 22.2. The second kappa shape index (κ2) is 13.1. The summed E-state index contributed by atoms with van der Waals surface area (Å²) in [4.78, 5) is 26.2. The summed E-state index contributed by atoms with van der Waals surface area (Å²) >= 11 is 0. The lowest BCUT2D eigenvalue weighted by molar-refractivity contribution is -0.579. The second-order valence-electron chi connectivity index (χ2n) is 11.0. The van der Waals surface area contributed by atoms with Crippen LogP contribution in [0.15, 0.2) is 78.9 Å². The molecule has 0 aromatic heterocycles. The molecule has 1 aliphatic rings. The molecule has 3 atom stereocenters. The van der Waals surface area contributed by atoms with E-state index < -0.39 is 77.0 Å². The fraction of sp³-hybridized carbons (Fsp3) is 0.387. The number of carbonyl (C=O) groups excluding carboxylic acids is 1. The van der Waals surface area contributed by atoms with Gasteiger partial charge < -0.3 is 14.6 Å². The maximum Gasteiger partial charge on any atom is 0.416 e. The van der Waals surface area contributed by atoms with E-state index in [-0.39, 0.29) is 25.5 Å². The third-order valence-corrected chi connectivity index (χ3v) is 8.04. The van der Waals surface area contributed by atoms with Crippen molar-refractivity contribution in [2.24, 2.45) is 0 Å². The molecule has 0 aliphatic carbocycles. The Morgan fingerprint density at radius 1 is 0.956 bits per heavy atom. The predicted octanol–water partition coefficient (Wildman–Crippen LogP) is 7.14. The zero-order valence-electron chi connectivity index (χ0n) is 24.0. The van der Waals surface area contributed by atoms with Crippen molar-refractivity contribution in [1.29, 1.82) is 0 Å². The molecule has 1 aliphatic heterocycles. The van der Waals surface area contributed by atoms with Crippen LogP contribution < -0.4 is 0 Å². The van der Waals surface area contributed by atoms with Crippen molar-refractivity contribution in [2.45, 2.75) is 55.9 Å². The van der Waals surface area contributed by atoms with Crippen LogP contribution in [0.5, 0.6) is 0 Å². The monoisotopic (exact) mass is 640 g/mol. The van der Waals surface area contributed by atoms with Crippen molar-refractivity contribution in [3.63, 3.8) is 0 Å². The van der Waals surface area contributed by atoms with Crippen LogP contribution >= 0.6 is 0 Å². The summed E-state index contributed by atoms with van der Waals surface area (Å²) in [5.74, 6) is 0. The number of nitrogens with zero attached hydrogens (tertiary/aromatic N) is 2. The molecule has 242 valence electrons. The van der Waals surface area contributed by atoms with E-state index in [1.54, 1.807) is 60.7 Å². The average molecular weight is 641 g/mol. The quantitative estimate of drug-likeness (QED) is 0.152. The smallest absolute Gasteiger partial charge is 0.416 e. The number of aliphatic hydroxyl groups is 1. The number of hydrogen-bond acceptors (Lipinski definition) is 6. The van der Waals surface area contributed by atoms with Gasteiger partial charge in [-0.1, -0.05) is 60.7 Å². The molecule has 0 spiro atoms. The number of ether oxygens (including phenoxy) is 2. The largest absolute Gasteiger partial charge is 0.445 e. The standard InChI is InChI=1S/C31H30F6N2O6/c1-21(23-14-25(30(32,33)34)16-26(15-23)31(35,36)37)45-20-29(24-10-6-3-7-11-24)13-12-28(19-40,39(42)43)18-38(29)27(41)44-17-22-8-4-2-5-9-22/h2-11,14-16,21,40H,12-13,17-20H2,1H3/t21-,28+,29+/m1/s1. The first-order valence-corrected chi connectivity index (χ1v) is 13.8. The summed E-state index contributed by atoms with van der Waals surface area (Å²) in [6.07, 6.45) is -12.8. The molecule has 3 aromatic rings. The van der Waals surface area contributed by atoms with Crippen LogP contribution in [0.3, 0.4) is 0 Å². The van der Waals surface area contributed by atoms with Gasteiger partial charge in [-0.2, -0.15) is 26.3 Å². The molecule has 45 heavy (non-hydrogen) atoms. The van der Waals surface area contributed by atoms with Gasteiger partial charge in [-0.15, -0.1) is 0 Å². The molecule has 1 fully saturated rings. The van der Waals surface area contributed by atoms with E-state index in [1.165, 1.54) is 6.92 Å². The van der Waals surface area contributed by atoms with E-state index in [0.29, 0.717) is 23.3 Å². The van der Waals surface area contributed by atoms with Gasteiger partial charge in [0.1, 0.15) is 13.2 Å². The van der Waals surface area contributed by atoms with Gasteiger partial charge in [0.2, 0.25) is 0 Å². The number of aliphatic hydroxyl groups excluding tert-OH is 1. The lowest BCUT2D eigenvalue weighted by Gasteiger charge is -2.49. The predicted molar refractivity (Wildman–Crippen MR) is 148 cm³/mol. The number of piperidine rings is 1. The first-order chi connectivity index (χ1) is 21.1. The minimum Gasteiger partial charge on any atom is -0.445 e. The molecule has 0 saturated carbocycles. The zero-order valence-corrected chi connectivity index (χ0v) is 24.0. The maximum atomic E-state index is 13.7. The Labute approximate surface area is 254 Å². The topological polar surface area (TPSA) is 102 Å². The molecular formula is C31H30F6N2O6. The van der Waals surface area contributed by atoms with Crippen LogP contribution in [0.25, 0.3) is 0 Å². The molecule has 0 radical (unpaired) electrons. The number of halogens is 6. The highest BCUT2D eigenvalue weighted by Crippen LogP contribution is 2.44. The fourth-order valence-electron chi connectivity index (χ4n) is 5.33. The highest BCUT2D eigenvalue weighted by atomic mass is 19.4. The van der Waals surface area contributed by atoms with Gasteiger partial charge in [0, 0.05) is 11.3 Å². The third kappa shape index (κ3) is 7.39. The Kier molecular flexibility index (Phi) is 9.78. The highest BCUT2D eigenvalue weighted by molar-refractivity contribution is 5.70. The minimum absolute atomic E-state index is 0.0133. The Morgan fingerprint density at radius 3 is 2.02 bits per heavy atom. The van der Waals surface area contributed by atoms with Gasteiger partial charge in [0.15, 0.2) is 0 Å². The summed E-state index contributed by atoms with van der Waals surface area (Å²) in [6, 6.07) is 17.9. The summed E-state index contributed by atoms with van der Waals surface area (Å²) < 4.78 is 92.6. The molecule has 0 bridgehead atoms. The average Bonchev–Trinajstić information content (AvgIpc) is 3.02. The van der Waals surface area contributed by atoms with Crippen LogP contribution in [0.1, 0.15) is 53.7 Å². The van der Waals surface area contributed by atoms with E-state index in [1.807, 2.05) is 0 Å². The van der Waals surface area contributed by atoms with Crippen LogP contribution in [-0.2, 0) is 34.0 Å². The molecule has 8 nitrogen and oxygen atoms in total. The Bertz CT molecular complexity index is 1460. The number of nitro groups is 1. The normalized spacial score (nSPS) is 21.3. The van der Waals surface area contributed by atoms with Crippen LogP contribution in [0.4, 0.5) is 31.1 Å². The molecule has 4 rings (SSSR count). The SMILES string of the molecule is C[C@@H](OC[C@]1(c2ccccc2)CC[C@](CO)([N+](=O)[O-])CN1C(=O)OCc1ccccc1)c1cc(C(F)(F)F)cc(C(F)(F)F)c1. The Balaban J connectivity index is 1.74. The zero-order chi connectivity index (χ0) is 33.0. The van der Waals surface area contributed by atoms with Gasteiger partial charge in [-0.25, -0.2) is 4.79 Å². The fourth-order valence-corrected chi connectivity index (χ4v) is 5.33. The number of rotatable bonds is 9. The first kappa shape index (κ1) is 33.7. The lowest BCUT2D eigenvalue weighted by Crippen LogP contribution is -2.65. The molecule has 14 heteroatoms. The van der Waals surface area contributed by atoms with Gasteiger partial charge in [-0.3, -0.25) is 15.0 Å². The third-order valence-electron chi connectivity index (χ3n) is 8.04. The Morgan fingerprint density at radius 2 is 1.51 bits per heavy atom. The maximum absolute atomic E-state index is 13.7. The molecule has 1 N–H and O–H groups in total. The van der Waals surface area contributed by atoms with Gasteiger partial charge in [-0.05, 0) is 48.2 Å². The molecule has 1 amide bonds. The van der Waals surface area contributed by atoms with E-state index in [0.717, 1.165) is 4.90 Å².